The van der Waals surface area contributed by atoms with Crippen molar-refractivity contribution in [2.75, 3.05) is 6.61 Å². The summed E-state index contributed by atoms with van der Waals surface area (Å²) in [6.45, 7) is 7.12. The summed E-state index contributed by atoms with van der Waals surface area (Å²) in [6, 6.07) is 7.39. The molecule has 1 aliphatic rings. The standard InChI is InChI=1S/C23H24N4O3S2/c1-12-13(2)31-21-18(12)20(28)25-19(26-21)14(3)32-23-24-17-9-5-4-8-16(17)22(29)27(23)11-15-7-6-10-30-15/h4-5,8-9,14-15H,6-7,10-11H2,1-3H3,(H,25,26,28). The Balaban J connectivity index is 1.56. The number of hydrogen-bond donors (Lipinski definition) is 1. The van der Waals surface area contributed by atoms with Crippen molar-refractivity contribution < 1.29 is 4.74 Å². The number of nitrogens with one attached hydrogen (secondary N) is 1. The molecule has 1 saturated heterocycles. The summed E-state index contributed by atoms with van der Waals surface area (Å²) in [6.07, 6.45) is 1.95. The summed E-state index contributed by atoms with van der Waals surface area (Å²) in [5.74, 6) is 0.583. The van der Waals surface area contributed by atoms with Gasteiger partial charge in [-0.1, -0.05) is 23.9 Å². The molecule has 1 N–H and O–H groups in total. The molecule has 1 aromatic carbocycles. The van der Waals surface area contributed by atoms with Gasteiger partial charge in [0.2, 0.25) is 0 Å². The Hall–Kier alpha value is -2.49. The van der Waals surface area contributed by atoms with Crippen molar-refractivity contribution in [3.05, 3.63) is 61.2 Å². The molecular weight excluding hydrogens is 444 g/mol. The van der Waals surface area contributed by atoms with Gasteiger partial charge in [0.1, 0.15) is 10.7 Å². The predicted octanol–water partition coefficient (Wildman–Crippen LogP) is 4.34. The normalized spacial score (nSPS) is 17.4. The highest BCUT2D eigenvalue weighted by Gasteiger charge is 2.23. The second-order valence-corrected chi connectivity index (χ2v) is 10.6. The number of nitrogens with zero attached hydrogens (tertiary/aromatic N) is 3. The molecule has 9 heteroatoms. The second-order valence-electron chi connectivity index (χ2n) is 8.14. The molecule has 3 aromatic heterocycles. The largest absolute Gasteiger partial charge is 0.376 e. The van der Waals surface area contributed by atoms with Crippen molar-refractivity contribution in [2.24, 2.45) is 0 Å². The molecule has 0 spiro atoms. The Bertz CT molecular complexity index is 1430. The SMILES string of the molecule is Cc1sc2nc(C(C)Sc3nc4ccccc4c(=O)n3CC3CCCO3)[nH]c(=O)c2c1C. The van der Waals surface area contributed by atoms with E-state index in [0.29, 0.717) is 33.8 Å². The second kappa shape index (κ2) is 8.46. The van der Waals surface area contributed by atoms with E-state index >= 15 is 0 Å². The highest BCUT2D eigenvalue weighted by atomic mass is 32.2. The van der Waals surface area contributed by atoms with Gasteiger partial charge in [-0.15, -0.1) is 11.3 Å². The zero-order chi connectivity index (χ0) is 22.4. The zero-order valence-electron chi connectivity index (χ0n) is 18.2. The number of para-hydroxylation sites is 1. The third-order valence-electron chi connectivity index (χ3n) is 5.96. The highest BCUT2D eigenvalue weighted by molar-refractivity contribution is 7.99. The van der Waals surface area contributed by atoms with Gasteiger partial charge in [-0.2, -0.15) is 0 Å². The number of hydrogen-bond acceptors (Lipinski definition) is 7. The lowest BCUT2D eigenvalue weighted by Crippen LogP contribution is -2.29. The van der Waals surface area contributed by atoms with Crippen molar-refractivity contribution >= 4 is 44.2 Å². The maximum absolute atomic E-state index is 13.3. The number of aromatic nitrogens is 4. The maximum atomic E-state index is 13.3. The summed E-state index contributed by atoms with van der Waals surface area (Å²) < 4.78 is 7.51. The van der Waals surface area contributed by atoms with Crippen LogP contribution in [0.1, 0.15) is 41.3 Å². The molecule has 4 aromatic rings. The first kappa shape index (κ1) is 21.4. The van der Waals surface area contributed by atoms with Gasteiger partial charge >= 0.3 is 0 Å². The first-order valence-electron chi connectivity index (χ1n) is 10.7. The van der Waals surface area contributed by atoms with Gasteiger partial charge in [0.25, 0.3) is 11.1 Å². The summed E-state index contributed by atoms with van der Waals surface area (Å²) in [5.41, 5.74) is 1.45. The molecular formula is C23H24N4O3S2. The van der Waals surface area contributed by atoms with Crippen molar-refractivity contribution in [2.45, 2.75) is 56.7 Å². The minimum atomic E-state index is -0.196. The van der Waals surface area contributed by atoms with Gasteiger partial charge in [-0.25, -0.2) is 9.97 Å². The number of rotatable bonds is 5. The van der Waals surface area contributed by atoms with Crippen LogP contribution in [0.5, 0.6) is 0 Å². The van der Waals surface area contributed by atoms with Gasteiger partial charge in [0.05, 0.1) is 34.2 Å². The third-order valence-corrected chi connectivity index (χ3v) is 8.16. The van der Waals surface area contributed by atoms with Crippen LogP contribution in [-0.4, -0.2) is 32.2 Å². The highest BCUT2D eigenvalue weighted by Crippen LogP contribution is 2.34. The van der Waals surface area contributed by atoms with Crippen LogP contribution in [0.25, 0.3) is 21.1 Å². The maximum Gasteiger partial charge on any atom is 0.262 e. The number of aryl methyl sites for hydroxylation is 2. The fraction of sp³-hybridized carbons (Fsp3) is 0.391. The molecule has 2 unspecified atom stereocenters. The first-order valence-corrected chi connectivity index (χ1v) is 12.4. The van der Waals surface area contributed by atoms with E-state index in [1.54, 1.807) is 4.57 Å². The van der Waals surface area contributed by atoms with Crippen LogP contribution in [0.2, 0.25) is 0 Å². The smallest absolute Gasteiger partial charge is 0.262 e. The number of ether oxygens (including phenoxy) is 1. The van der Waals surface area contributed by atoms with E-state index in [2.05, 4.69) is 4.98 Å². The Morgan fingerprint density at radius 2 is 2.09 bits per heavy atom. The van der Waals surface area contributed by atoms with Crippen molar-refractivity contribution in [3.8, 4) is 0 Å². The number of benzene rings is 1. The number of thiophene rings is 1. The zero-order valence-corrected chi connectivity index (χ0v) is 19.8. The van der Waals surface area contributed by atoms with E-state index in [-0.39, 0.29) is 22.5 Å². The van der Waals surface area contributed by atoms with Crippen LogP contribution in [0.15, 0.2) is 39.0 Å². The lowest BCUT2D eigenvalue weighted by molar-refractivity contribution is 0.0937. The monoisotopic (exact) mass is 468 g/mol. The van der Waals surface area contributed by atoms with E-state index < -0.39 is 0 Å². The van der Waals surface area contributed by atoms with Gasteiger partial charge in [0, 0.05) is 11.5 Å². The molecule has 0 saturated carbocycles. The van der Waals surface area contributed by atoms with Crippen molar-refractivity contribution in [3.63, 3.8) is 0 Å². The number of fused-ring (bicyclic) bond motifs is 2. The molecule has 166 valence electrons. The molecule has 7 nitrogen and oxygen atoms in total. The van der Waals surface area contributed by atoms with Crippen LogP contribution in [0, 0.1) is 13.8 Å². The van der Waals surface area contributed by atoms with Crippen molar-refractivity contribution in [1.82, 2.24) is 19.5 Å². The van der Waals surface area contributed by atoms with E-state index in [9.17, 15) is 9.59 Å². The van der Waals surface area contributed by atoms with Crippen LogP contribution < -0.4 is 11.1 Å². The Morgan fingerprint density at radius 1 is 1.28 bits per heavy atom. The van der Waals surface area contributed by atoms with E-state index in [1.807, 2.05) is 45.0 Å². The lowest BCUT2D eigenvalue weighted by Gasteiger charge is -2.18. The minimum absolute atomic E-state index is 0.0108. The molecule has 1 fully saturated rings. The molecule has 0 amide bonds. The van der Waals surface area contributed by atoms with Crippen LogP contribution in [-0.2, 0) is 11.3 Å². The van der Waals surface area contributed by atoms with Crippen LogP contribution in [0.4, 0.5) is 0 Å². The van der Waals surface area contributed by atoms with Crippen LogP contribution in [0.3, 0.4) is 0 Å². The summed E-state index contributed by atoms with van der Waals surface area (Å²) in [7, 11) is 0. The number of thioether (sulfide) groups is 1. The molecule has 5 rings (SSSR count). The number of aromatic amines is 1. The topological polar surface area (TPSA) is 89.9 Å². The van der Waals surface area contributed by atoms with Crippen molar-refractivity contribution in [1.29, 1.82) is 0 Å². The lowest BCUT2D eigenvalue weighted by atomic mass is 10.2. The van der Waals surface area contributed by atoms with E-state index in [4.69, 9.17) is 14.7 Å². The Kier molecular flexibility index (Phi) is 5.65. The van der Waals surface area contributed by atoms with E-state index in [1.165, 1.54) is 23.1 Å². The van der Waals surface area contributed by atoms with Gasteiger partial charge in [0.15, 0.2) is 5.16 Å². The average molecular weight is 469 g/mol. The summed E-state index contributed by atoms with van der Waals surface area (Å²) >= 11 is 2.96. The first-order chi connectivity index (χ1) is 15.4. The molecule has 32 heavy (non-hydrogen) atoms. The van der Waals surface area contributed by atoms with Crippen LogP contribution >= 0.6 is 23.1 Å². The summed E-state index contributed by atoms with van der Waals surface area (Å²) in [4.78, 5) is 40.4. The molecule has 4 heterocycles. The van der Waals surface area contributed by atoms with Gasteiger partial charge < -0.3 is 9.72 Å². The minimum Gasteiger partial charge on any atom is -0.376 e. The molecule has 0 bridgehead atoms. The van der Waals surface area contributed by atoms with Gasteiger partial charge in [-0.3, -0.25) is 14.2 Å². The molecule has 0 radical (unpaired) electrons. The quantitative estimate of drug-likeness (QED) is 0.346. The van der Waals surface area contributed by atoms with Gasteiger partial charge in [-0.05, 0) is 51.3 Å². The summed E-state index contributed by atoms with van der Waals surface area (Å²) in [5, 5.41) is 1.67. The number of H-pyrrole nitrogens is 1. The molecule has 2 atom stereocenters. The Labute approximate surface area is 192 Å². The average Bonchev–Trinajstić information content (AvgIpc) is 3.38. The molecule has 0 aliphatic carbocycles. The fourth-order valence-electron chi connectivity index (χ4n) is 4.07. The Morgan fingerprint density at radius 3 is 2.88 bits per heavy atom. The fourth-order valence-corrected chi connectivity index (χ4v) is 6.08. The third kappa shape index (κ3) is 3.78. The molecule has 1 aliphatic heterocycles. The van der Waals surface area contributed by atoms with E-state index in [0.717, 1.165) is 34.7 Å². The predicted molar refractivity (Wildman–Crippen MR) is 129 cm³/mol.